The first-order chi connectivity index (χ1) is 7.99. The Morgan fingerprint density at radius 3 is 2.88 bits per heavy atom. The van der Waals surface area contributed by atoms with Crippen molar-refractivity contribution in [1.82, 2.24) is 10.6 Å². The summed E-state index contributed by atoms with van der Waals surface area (Å²) in [5.41, 5.74) is 0.343. The number of hydrogen-bond acceptors (Lipinski definition) is 3. The molecule has 0 aliphatic heterocycles. The number of furan rings is 1. The lowest BCUT2D eigenvalue weighted by Gasteiger charge is -2.14. The van der Waals surface area contributed by atoms with E-state index < -0.39 is 0 Å². The molecule has 2 rings (SSSR count). The third kappa shape index (κ3) is 3.09. The van der Waals surface area contributed by atoms with Crippen molar-refractivity contribution in [2.75, 3.05) is 0 Å². The molecule has 1 aliphatic carbocycles. The Morgan fingerprint density at radius 1 is 1.65 bits per heavy atom. The highest BCUT2D eigenvalue weighted by molar-refractivity contribution is 5.81. The highest BCUT2D eigenvalue weighted by Gasteiger charge is 2.46. The van der Waals surface area contributed by atoms with E-state index in [-0.39, 0.29) is 11.9 Å². The van der Waals surface area contributed by atoms with Crippen LogP contribution in [-0.4, -0.2) is 18.0 Å². The van der Waals surface area contributed by atoms with Crippen molar-refractivity contribution in [2.24, 2.45) is 5.41 Å². The lowest BCUT2D eigenvalue weighted by molar-refractivity contribution is -0.123. The first-order valence-corrected chi connectivity index (χ1v) is 6.05. The van der Waals surface area contributed by atoms with E-state index in [1.54, 1.807) is 6.26 Å². The van der Waals surface area contributed by atoms with Crippen molar-refractivity contribution >= 4 is 5.91 Å². The molecule has 2 unspecified atom stereocenters. The minimum atomic E-state index is -0.156. The summed E-state index contributed by atoms with van der Waals surface area (Å²) in [7, 11) is 0. The van der Waals surface area contributed by atoms with Gasteiger partial charge in [-0.1, -0.05) is 13.8 Å². The Balaban J connectivity index is 1.72. The highest BCUT2D eigenvalue weighted by Crippen LogP contribution is 2.44. The molecular formula is C13H20N2O2. The van der Waals surface area contributed by atoms with E-state index >= 15 is 0 Å². The Morgan fingerprint density at radius 2 is 2.35 bits per heavy atom. The molecule has 1 aromatic heterocycles. The lowest BCUT2D eigenvalue weighted by atomic mass is 10.2. The van der Waals surface area contributed by atoms with E-state index in [9.17, 15) is 4.79 Å². The van der Waals surface area contributed by atoms with Gasteiger partial charge in [0.2, 0.25) is 5.91 Å². The van der Waals surface area contributed by atoms with Crippen LogP contribution in [0.3, 0.4) is 0 Å². The Kier molecular flexibility index (Phi) is 3.24. The van der Waals surface area contributed by atoms with Gasteiger partial charge in [0.1, 0.15) is 5.76 Å². The van der Waals surface area contributed by atoms with Gasteiger partial charge in [-0.3, -0.25) is 4.79 Å². The molecule has 1 aromatic rings. The molecule has 4 nitrogen and oxygen atoms in total. The minimum absolute atomic E-state index is 0.0177. The molecule has 2 N–H and O–H groups in total. The van der Waals surface area contributed by atoms with Gasteiger partial charge in [-0.15, -0.1) is 0 Å². The second-order valence-electron chi connectivity index (χ2n) is 5.43. The average Bonchev–Trinajstić information content (AvgIpc) is 2.71. The highest BCUT2D eigenvalue weighted by atomic mass is 16.3. The minimum Gasteiger partial charge on any atom is -0.467 e. The predicted octanol–water partition coefficient (Wildman–Crippen LogP) is 1.67. The largest absolute Gasteiger partial charge is 0.467 e. The SMILES string of the molecule is CC(NC1CC1(C)C)C(=O)NCc1ccco1. The van der Waals surface area contributed by atoms with E-state index in [0.29, 0.717) is 18.0 Å². The molecule has 0 aromatic carbocycles. The summed E-state index contributed by atoms with van der Waals surface area (Å²) in [6, 6.07) is 3.97. The Bertz CT molecular complexity index is 384. The molecule has 1 amide bonds. The fourth-order valence-electron chi connectivity index (χ4n) is 1.87. The van der Waals surface area contributed by atoms with E-state index in [4.69, 9.17) is 4.42 Å². The Labute approximate surface area is 102 Å². The third-order valence-electron chi connectivity index (χ3n) is 3.37. The van der Waals surface area contributed by atoms with Crippen LogP contribution < -0.4 is 10.6 Å². The topological polar surface area (TPSA) is 54.3 Å². The molecule has 1 heterocycles. The van der Waals surface area contributed by atoms with Crippen molar-refractivity contribution in [3.63, 3.8) is 0 Å². The van der Waals surface area contributed by atoms with Gasteiger partial charge in [-0.25, -0.2) is 0 Å². The number of carbonyl (C=O) groups is 1. The number of nitrogens with one attached hydrogen (secondary N) is 2. The van der Waals surface area contributed by atoms with Crippen LogP contribution in [0.25, 0.3) is 0 Å². The van der Waals surface area contributed by atoms with Gasteiger partial charge in [-0.05, 0) is 30.9 Å². The maximum Gasteiger partial charge on any atom is 0.237 e. The number of amides is 1. The zero-order valence-corrected chi connectivity index (χ0v) is 10.6. The summed E-state index contributed by atoms with van der Waals surface area (Å²) < 4.78 is 5.16. The summed E-state index contributed by atoms with van der Waals surface area (Å²) in [5.74, 6) is 0.793. The second kappa shape index (κ2) is 4.53. The quantitative estimate of drug-likeness (QED) is 0.817. The lowest BCUT2D eigenvalue weighted by Crippen LogP contribution is -2.43. The van der Waals surface area contributed by atoms with Gasteiger partial charge >= 0.3 is 0 Å². The molecule has 94 valence electrons. The Hall–Kier alpha value is -1.29. The molecule has 0 radical (unpaired) electrons. The summed E-state index contributed by atoms with van der Waals surface area (Å²) >= 11 is 0. The third-order valence-corrected chi connectivity index (χ3v) is 3.37. The van der Waals surface area contributed by atoms with Crippen LogP contribution in [0.1, 0.15) is 33.0 Å². The van der Waals surface area contributed by atoms with Crippen LogP contribution in [0.2, 0.25) is 0 Å². The van der Waals surface area contributed by atoms with E-state index in [1.807, 2.05) is 19.1 Å². The van der Waals surface area contributed by atoms with Gasteiger partial charge in [0.25, 0.3) is 0 Å². The van der Waals surface area contributed by atoms with Crippen LogP contribution in [-0.2, 0) is 11.3 Å². The molecule has 1 fully saturated rings. The number of hydrogen-bond donors (Lipinski definition) is 2. The van der Waals surface area contributed by atoms with Gasteiger partial charge in [-0.2, -0.15) is 0 Å². The standard InChI is InChI=1S/C13H20N2O2/c1-9(15-11-7-13(11,2)3)12(16)14-8-10-5-4-6-17-10/h4-6,9,11,15H,7-8H2,1-3H3,(H,14,16). The molecule has 0 spiro atoms. The number of rotatable bonds is 5. The van der Waals surface area contributed by atoms with E-state index in [2.05, 4.69) is 24.5 Å². The first-order valence-electron chi connectivity index (χ1n) is 6.05. The summed E-state index contributed by atoms with van der Waals surface area (Å²) in [6.07, 6.45) is 2.75. The van der Waals surface area contributed by atoms with Crippen molar-refractivity contribution in [3.05, 3.63) is 24.2 Å². The van der Waals surface area contributed by atoms with Crippen molar-refractivity contribution in [1.29, 1.82) is 0 Å². The second-order valence-corrected chi connectivity index (χ2v) is 5.43. The van der Waals surface area contributed by atoms with Gasteiger partial charge < -0.3 is 15.1 Å². The molecule has 2 atom stereocenters. The van der Waals surface area contributed by atoms with Crippen molar-refractivity contribution in [2.45, 2.75) is 45.8 Å². The molecule has 1 saturated carbocycles. The van der Waals surface area contributed by atoms with Crippen LogP contribution >= 0.6 is 0 Å². The van der Waals surface area contributed by atoms with Gasteiger partial charge in [0, 0.05) is 6.04 Å². The molecule has 0 bridgehead atoms. The first kappa shape index (κ1) is 12.2. The summed E-state index contributed by atoms with van der Waals surface area (Å²) in [6.45, 7) is 6.76. The van der Waals surface area contributed by atoms with Gasteiger partial charge in [0.05, 0.1) is 18.8 Å². The normalized spacial score (nSPS) is 23.1. The zero-order chi connectivity index (χ0) is 12.5. The van der Waals surface area contributed by atoms with Crippen molar-refractivity contribution < 1.29 is 9.21 Å². The maximum absolute atomic E-state index is 11.8. The van der Waals surface area contributed by atoms with Gasteiger partial charge in [0.15, 0.2) is 0 Å². The van der Waals surface area contributed by atoms with Crippen LogP contribution in [0.4, 0.5) is 0 Å². The van der Waals surface area contributed by atoms with Crippen LogP contribution in [0.5, 0.6) is 0 Å². The maximum atomic E-state index is 11.8. The molecule has 1 aliphatic rings. The van der Waals surface area contributed by atoms with Crippen LogP contribution in [0.15, 0.2) is 22.8 Å². The number of carbonyl (C=O) groups excluding carboxylic acids is 1. The fraction of sp³-hybridized carbons (Fsp3) is 0.615. The average molecular weight is 236 g/mol. The molecule has 0 saturated heterocycles. The smallest absolute Gasteiger partial charge is 0.237 e. The fourth-order valence-corrected chi connectivity index (χ4v) is 1.87. The van der Waals surface area contributed by atoms with Crippen molar-refractivity contribution in [3.8, 4) is 0 Å². The van der Waals surface area contributed by atoms with E-state index in [0.717, 1.165) is 12.2 Å². The summed E-state index contributed by atoms with van der Waals surface area (Å²) in [5, 5.41) is 6.18. The summed E-state index contributed by atoms with van der Waals surface area (Å²) in [4.78, 5) is 11.8. The van der Waals surface area contributed by atoms with E-state index in [1.165, 1.54) is 0 Å². The van der Waals surface area contributed by atoms with Crippen LogP contribution in [0, 0.1) is 5.41 Å². The molecule has 4 heteroatoms. The predicted molar refractivity (Wildman–Crippen MR) is 65.3 cm³/mol. The molecular weight excluding hydrogens is 216 g/mol. The molecule has 17 heavy (non-hydrogen) atoms. The zero-order valence-electron chi connectivity index (χ0n) is 10.6. The monoisotopic (exact) mass is 236 g/mol.